The predicted molar refractivity (Wildman–Crippen MR) is 74.6 cm³/mol. The number of halogens is 3. The van der Waals surface area contributed by atoms with Crippen LogP contribution in [0.15, 0.2) is 16.6 Å². The molecule has 2 fully saturated rings. The molecule has 1 saturated heterocycles. The van der Waals surface area contributed by atoms with Crippen molar-refractivity contribution in [3.05, 3.63) is 12.2 Å². The van der Waals surface area contributed by atoms with Crippen LogP contribution in [0.1, 0.15) is 50.4 Å². The number of alkyl halides is 3. The van der Waals surface area contributed by atoms with Crippen molar-refractivity contribution < 1.29 is 13.2 Å². The van der Waals surface area contributed by atoms with Gasteiger partial charge in [0.1, 0.15) is 12.2 Å². The Morgan fingerprint density at radius 3 is 2.61 bits per heavy atom. The van der Waals surface area contributed by atoms with E-state index in [2.05, 4.69) is 25.2 Å². The number of likely N-dealkylation sites (tertiary alicyclic amines) is 1. The molecule has 1 aliphatic carbocycles. The van der Waals surface area contributed by atoms with E-state index >= 15 is 0 Å². The van der Waals surface area contributed by atoms with Crippen molar-refractivity contribution in [2.24, 2.45) is 10.2 Å². The molecule has 9 heteroatoms. The summed E-state index contributed by atoms with van der Waals surface area (Å²) < 4.78 is 41.2. The van der Waals surface area contributed by atoms with Crippen molar-refractivity contribution in [3.8, 4) is 0 Å². The molecule has 0 bridgehead atoms. The zero-order chi connectivity index (χ0) is 16.1. The molecule has 0 aromatic carbocycles. The van der Waals surface area contributed by atoms with E-state index in [1.54, 1.807) is 0 Å². The second-order valence-corrected chi connectivity index (χ2v) is 6.69. The third-order valence-electron chi connectivity index (χ3n) is 4.95. The van der Waals surface area contributed by atoms with E-state index in [1.807, 2.05) is 4.68 Å². The van der Waals surface area contributed by atoms with Crippen LogP contribution in [-0.2, 0) is 6.54 Å². The number of nitrogens with zero attached hydrogens (tertiary/aromatic N) is 6. The molecular formula is C14H19F3N6. The summed E-state index contributed by atoms with van der Waals surface area (Å²) in [6, 6.07) is 0.260. The first kappa shape index (κ1) is 15.0. The number of hydrogen-bond acceptors (Lipinski definition) is 5. The summed E-state index contributed by atoms with van der Waals surface area (Å²) in [5.41, 5.74) is -2.16. The van der Waals surface area contributed by atoms with Gasteiger partial charge >= 0.3 is 6.18 Å². The van der Waals surface area contributed by atoms with Gasteiger partial charge in [0.25, 0.3) is 5.66 Å². The van der Waals surface area contributed by atoms with Gasteiger partial charge in [-0.25, -0.2) is 9.67 Å². The van der Waals surface area contributed by atoms with Gasteiger partial charge in [-0.3, -0.25) is 4.90 Å². The van der Waals surface area contributed by atoms with Crippen molar-refractivity contribution in [2.45, 2.75) is 69.0 Å². The van der Waals surface area contributed by atoms with E-state index in [-0.39, 0.29) is 12.5 Å². The fourth-order valence-electron chi connectivity index (χ4n) is 3.39. The molecule has 1 unspecified atom stereocenters. The van der Waals surface area contributed by atoms with Crippen molar-refractivity contribution >= 4 is 0 Å². The molecule has 0 radical (unpaired) electrons. The monoisotopic (exact) mass is 328 g/mol. The first-order chi connectivity index (χ1) is 11.0. The zero-order valence-corrected chi connectivity index (χ0v) is 12.7. The van der Waals surface area contributed by atoms with Crippen LogP contribution in [0.4, 0.5) is 13.2 Å². The van der Waals surface area contributed by atoms with Crippen LogP contribution in [0.25, 0.3) is 0 Å². The smallest absolute Gasteiger partial charge is 0.293 e. The lowest BCUT2D eigenvalue weighted by molar-refractivity contribution is -0.169. The molecule has 0 N–H and O–H groups in total. The average molecular weight is 328 g/mol. The molecule has 1 saturated carbocycles. The Bertz CT molecular complexity index is 600. The third-order valence-corrected chi connectivity index (χ3v) is 4.95. The minimum absolute atomic E-state index is 0.0753. The molecule has 0 amide bonds. The molecule has 0 spiro atoms. The van der Waals surface area contributed by atoms with E-state index in [4.69, 9.17) is 0 Å². The molecule has 3 heterocycles. The Morgan fingerprint density at radius 1 is 1.17 bits per heavy atom. The predicted octanol–water partition coefficient (Wildman–Crippen LogP) is 3.08. The molecule has 1 aromatic rings. The van der Waals surface area contributed by atoms with Crippen molar-refractivity contribution in [1.82, 2.24) is 19.7 Å². The highest BCUT2D eigenvalue weighted by atomic mass is 19.4. The summed E-state index contributed by atoms with van der Waals surface area (Å²) in [7, 11) is 0. The van der Waals surface area contributed by atoms with E-state index < -0.39 is 11.8 Å². The normalized spacial score (nSPS) is 27.3. The lowest BCUT2D eigenvalue weighted by atomic mass is 9.93. The van der Waals surface area contributed by atoms with Gasteiger partial charge in [-0.05, 0) is 32.2 Å². The lowest BCUT2D eigenvalue weighted by Gasteiger charge is -2.36. The first-order valence-electron chi connectivity index (χ1n) is 8.12. The maximum Gasteiger partial charge on any atom is 0.437 e. The SMILES string of the molecule is FC(F)(F)C1(CC2CCCCN2Cc2ncnn2C2CC2)N=N1. The zero-order valence-electron chi connectivity index (χ0n) is 12.7. The average Bonchev–Trinajstić information content (AvgIpc) is 3.41. The van der Waals surface area contributed by atoms with E-state index in [0.717, 1.165) is 44.5 Å². The lowest BCUT2D eigenvalue weighted by Crippen LogP contribution is -2.45. The highest BCUT2D eigenvalue weighted by Gasteiger charge is 2.64. The summed E-state index contributed by atoms with van der Waals surface area (Å²) >= 11 is 0. The minimum Gasteiger partial charge on any atom is -0.293 e. The largest absolute Gasteiger partial charge is 0.437 e. The molecule has 1 aromatic heterocycles. The highest BCUT2D eigenvalue weighted by Crippen LogP contribution is 2.49. The first-order valence-corrected chi connectivity index (χ1v) is 8.12. The van der Waals surface area contributed by atoms with Crippen LogP contribution in [0.3, 0.4) is 0 Å². The van der Waals surface area contributed by atoms with Crippen molar-refractivity contribution in [1.29, 1.82) is 0 Å². The maximum absolute atomic E-state index is 13.1. The molecule has 6 nitrogen and oxygen atoms in total. The van der Waals surface area contributed by atoms with Crippen LogP contribution in [0.2, 0.25) is 0 Å². The van der Waals surface area contributed by atoms with Gasteiger partial charge in [0.15, 0.2) is 0 Å². The van der Waals surface area contributed by atoms with Crippen LogP contribution in [-0.4, -0.2) is 44.1 Å². The van der Waals surface area contributed by atoms with Crippen molar-refractivity contribution in [2.75, 3.05) is 6.54 Å². The molecule has 4 rings (SSSR count). The quantitative estimate of drug-likeness (QED) is 0.834. The summed E-state index contributed by atoms with van der Waals surface area (Å²) in [5, 5.41) is 10.9. The molecule has 3 aliphatic rings. The Morgan fingerprint density at radius 2 is 1.96 bits per heavy atom. The molecule has 23 heavy (non-hydrogen) atoms. The van der Waals surface area contributed by atoms with E-state index in [0.29, 0.717) is 12.6 Å². The van der Waals surface area contributed by atoms with Crippen molar-refractivity contribution in [3.63, 3.8) is 0 Å². The number of aromatic nitrogens is 3. The Balaban J connectivity index is 1.46. The van der Waals surface area contributed by atoms with E-state index in [1.165, 1.54) is 6.33 Å². The maximum atomic E-state index is 13.1. The Labute approximate surface area is 131 Å². The Kier molecular flexibility index (Phi) is 3.44. The fraction of sp³-hybridized carbons (Fsp3) is 0.857. The van der Waals surface area contributed by atoms with Gasteiger partial charge in [0.2, 0.25) is 0 Å². The van der Waals surface area contributed by atoms with Crippen LogP contribution in [0.5, 0.6) is 0 Å². The van der Waals surface area contributed by atoms with Gasteiger partial charge in [0.05, 0.1) is 12.6 Å². The number of rotatable bonds is 5. The second-order valence-electron chi connectivity index (χ2n) is 6.69. The number of hydrogen-bond donors (Lipinski definition) is 0. The topological polar surface area (TPSA) is 58.7 Å². The van der Waals surface area contributed by atoms with Gasteiger partial charge in [-0.1, -0.05) is 6.42 Å². The van der Waals surface area contributed by atoms with Crippen LogP contribution in [0, 0.1) is 0 Å². The van der Waals surface area contributed by atoms with Gasteiger partial charge in [-0.2, -0.15) is 18.3 Å². The van der Waals surface area contributed by atoms with E-state index in [9.17, 15) is 13.2 Å². The third kappa shape index (κ3) is 2.86. The summed E-state index contributed by atoms with van der Waals surface area (Å²) in [5.74, 6) is 0.852. The second kappa shape index (κ2) is 5.25. The summed E-state index contributed by atoms with van der Waals surface area (Å²) in [6.45, 7) is 1.34. The Hall–Kier alpha value is -1.51. The minimum atomic E-state index is -4.38. The van der Waals surface area contributed by atoms with Gasteiger partial charge < -0.3 is 0 Å². The fourth-order valence-corrected chi connectivity index (χ4v) is 3.39. The summed E-state index contributed by atoms with van der Waals surface area (Å²) in [4.78, 5) is 6.41. The summed E-state index contributed by atoms with van der Waals surface area (Å²) in [6.07, 6.45) is 1.99. The van der Waals surface area contributed by atoms with Gasteiger partial charge in [-0.15, -0.1) is 10.2 Å². The highest BCUT2D eigenvalue weighted by molar-refractivity contribution is 5.04. The number of piperidine rings is 1. The molecule has 1 atom stereocenters. The van der Waals surface area contributed by atoms with Crippen LogP contribution >= 0.6 is 0 Å². The molecule has 2 aliphatic heterocycles. The molecule has 126 valence electrons. The van der Waals surface area contributed by atoms with Gasteiger partial charge in [0, 0.05) is 12.5 Å². The van der Waals surface area contributed by atoms with Crippen LogP contribution < -0.4 is 0 Å². The standard InChI is InChI=1S/C14H19F3N6/c15-14(16,17)13(20-21-13)7-11-3-1-2-6-22(11)8-12-18-9-19-23(12)10-4-5-10/h9-11H,1-8H2. The molecular weight excluding hydrogens is 309 g/mol.